The van der Waals surface area contributed by atoms with E-state index in [-0.39, 0.29) is 24.4 Å². The van der Waals surface area contributed by atoms with Gasteiger partial charge in [-0.05, 0) is 25.8 Å². The second-order valence-electron chi connectivity index (χ2n) is 5.36. The van der Waals surface area contributed by atoms with Crippen LogP contribution in [0.1, 0.15) is 55.5 Å². The number of nitrogens with one attached hydrogen (secondary N) is 1. The zero-order valence-electron chi connectivity index (χ0n) is 12.5. The molecule has 0 aliphatic heterocycles. The van der Waals surface area contributed by atoms with Crippen LogP contribution in [0.25, 0.3) is 0 Å². The van der Waals surface area contributed by atoms with E-state index in [1.807, 2.05) is 6.92 Å². The number of aromatic nitrogens is 1. The zero-order chi connectivity index (χ0) is 14.3. The average Bonchev–Trinajstić information content (AvgIpc) is 2.77. The summed E-state index contributed by atoms with van der Waals surface area (Å²) in [6, 6.07) is 0.200. The number of carbonyl (C=O) groups is 1. The van der Waals surface area contributed by atoms with Crippen LogP contribution in [0.5, 0.6) is 0 Å². The van der Waals surface area contributed by atoms with Crippen molar-refractivity contribution in [3.63, 3.8) is 0 Å². The van der Waals surface area contributed by atoms with Crippen LogP contribution in [0.3, 0.4) is 0 Å². The predicted octanol–water partition coefficient (Wildman–Crippen LogP) is 3.01. The van der Waals surface area contributed by atoms with Crippen LogP contribution >= 0.6 is 23.7 Å². The second kappa shape index (κ2) is 10.1. The molecular formula is C14H26ClN3OS. The Balaban J connectivity index is 0.00000361. The SMILES string of the molecule is CC(C)CCCC(C)NC(=O)c1csc(CCN)n1.Cl. The summed E-state index contributed by atoms with van der Waals surface area (Å²) in [6.07, 6.45) is 4.11. The molecule has 0 aromatic carbocycles. The standard InChI is InChI=1S/C14H25N3OS.ClH/c1-10(2)5-4-6-11(3)16-14(18)12-9-19-13(17-12)7-8-15;/h9-11H,4-8,15H2,1-3H3,(H,16,18);1H. The molecule has 3 N–H and O–H groups in total. The Morgan fingerprint density at radius 1 is 1.40 bits per heavy atom. The van der Waals surface area contributed by atoms with E-state index >= 15 is 0 Å². The van der Waals surface area contributed by atoms with Gasteiger partial charge in [0.2, 0.25) is 0 Å². The molecule has 1 aromatic heterocycles. The minimum Gasteiger partial charge on any atom is -0.348 e. The molecule has 4 nitrogen and oxygen atoms in total. The highest BCUT2D eigenvalue weighted by Crippen LogP contribution is 2.11. The number of hydrogen-bond acceptors (Lipinski definition) is 4. The molecule has 0 fully saturated rings. The number of amides is 1. The van der Waals surface area contributed by atoms with Gasteiger partial charge in [-0.2, -0.15) is 0 Å². The fourth-order valence-electron chi connectivity index (χ4n) is 1.86. The summed E-state index contributed by atoms with van der Waals surface area (Å²) < 4.78 is 0. The first-order valence-electron chi connectivity index (χ1n) is 6.98. The lowest BCUT2D eigenvalue weighted by molar-refractivity contribution is 0.0933. The third-order valence-corrected chi connectivity index (χ3v) is 3.85. The Hall–Kier alpha value is -0.650. The topological polar surface area (TPSA) is 68.0 Å². The fraction of sp³-hybridized carbons (Fsp3) is 0.714. The zero-order valence-corrected chi connectivity index (χ0v) is 14.1. The van der Waals surface area contributed by atoms with Crippen molar-refractivity contribution in [3.8, 4) is 0 Å². The minimum atomic E-state index is -0.0726. The summed E-state index contributed by atoms with van der Waals surface area (Å²) >= 11 is 1.50. The third-order valence-electron chi connectivity index (χ3n) is 2.94. The monoisotopic (exact) mass is 319 g/mol. The first kappa shape index (κ1) is 19.4. The molecule has 0 bridgehead atoms. The summed E-state index contributed by atoms with van der Waals surface area (Å²) in [7, 11) is 0. The highest BCUT2D eigenvalue weighted by Gasteiger charge is 2.13. The quantitative estimate of drug-likeness (QED) is 0.774. The van der Waals surface area contributed by atoms with Gasteiger partial charge < -0.3 is 11.1 Å². The summed E-state index contributed by atoms with van der Waals surface area (Å²) in [5.74, 6) is 0.650. The van der Waals surface area contributed by atoms with Crippen molar-refractivity contribution in [3.05, 3.63) is 16.1 Å². The van der Waals surface area contributed by atoms with Crippen molar-refractivity contribution < 1.29 is 4.79 Å². The smallest absolute Gasteiger partial charge is 0.270 e. The molecule has 6 heteroatoms. The molecule has 116 valence electrons. The largest absolute Gasteiger partial charge is 0.348 e. The van der Waals surface area contributed by atoms with Gasteiger partial charge >= 0.3 is 0 Å². The lowest BCUT2D eigenvalue weighted by Crippen LogP contribution is -2.32. The van der Waals surface area contributed by atoms with Gasteiger partial charge in [0.1, 0.15) is 5.69 Å². The van der Waals surface area contributed by atoms with E-state index in [1.165, 1.54) is 17.8 Å². The molecule has 0 aliphatic rings. The third kappa shape index (κ3) is 7.22. The normalized spacial score (nSPS) is 12.1. The van der Waals surface area contributed by atoms with Gasteiger partial charge in [0.05, 0.1) is 5.01 Å². The van der Waals surface area contributed by atoms with Crippen LogP contribution in [-0.2, 0) is 6.42 Å². The molecule has 0 spiro atoms. The van der Waals surface area contributed by atoms with Crippen molar-refractivity contribution in [2.24, 2.45) is 11.7 Å². The number of rotatable bonds is 8. The van der Waals surface area contributed by atoms with Gasteiger partial charge in [0, 0.05) is 17.8 Å². The molecule has 0 saturated heterocycles. The maximum Gasteiger partial charge on any atom is 0.270 e. The molecule has 20 heavy (non-hydrogen) atoms. The summed E-state index contributed by atoms with van der Waals surface area (Å²) in [6.45, 7) is 7.06. The highest BCUT2D eigenvalue weighted by atomic mass is 35.5. The molecule has 1 heterocycles. The lowest BCUT2D eigenvalue weighted by atomic mass is 10.0. The molecule has 1 amide bonds. The van der Waals surface area contributed by atoms with Crippen molar-refractivity contribution in [2.75, 3.05) is 6.54 Å². The van der Waals surface area contributed by atoms with Crippen LogP contribution < -0.4 is 11.1 Å². The molecule has 0 aliphatic carbocycles. The number of carbonyl (C=O) groups excluding carboxylic acids is 1. The molecule has 1 atom stereocenters. The van der Waals surface area contributed by atoms with E-state index in [0.29, 0.717) is 12.2 Å². The molecule has 0 radical (unpaired) electrons. The number of thiazole rings is 1. The van der Waals surface area contributed by atoms with Gasteiger partial charge in [-0.1, -0.05) is 26.7 Å². The molecule has 0 saturated carbocycles. The van der Waals surface area contributed by atoms with Crippen LogP contribution in [0, 0.1) is 5.92 Å². The first-order valence-corrected chi connectivity index (χ1v) is 7.86. The summed E-state index contributed by atoms with van der Waals surface area (Å²) in [5, 5.41) is 5.74. The van der Waals surface area contributed by atoms with Crippen LogP contribution in [0.2, 0.25) is 0 Å². The number of nitrogens with zero attached hydrogens (tertiary/aromatic N) is 1. The Morgan fingerprint density at radius 3 is 2.70 bits per heavy atom. The number of halogens is 1. The van der Waals surface area contributed by atoms with Crippen molar-refractivity contribution >= 4 is 29.7 Å². The molecule has 1 aromatic rings. The summed E-state index contributed by atoms with van der Waals surface area (Å²) in [5.41, 5.74) is 5.99. The van der Waals surface area contributed by atoms with E-state index in [0.717, 1.165) is 30.2 Å². The maximum atomic E-state index is 12.0. The number of hydrogen-bond donors (Lipinski definition) is 2. The van der Waals surface area contributed by atoms with E-state index in [4.69, 9.17) is 5.73 Å². The highest BCUT2D eigenvalue weighted by molar-refractivity contribution is 7.09. The van der Waals surface area contributed by atoms with Crippen molar-refractivity contribution in [1.29, 1.82) is 0 Å². The molecular weight excluding hydrogens is 294 g/mol. The molecule has 1 rings (SSSR count). The van der Waals surface area contributed by atoms with E-state index in [2.05, 4.69) is 24.1 Å². The van der Waals surface area contributed by atoms with E-state index < -0.39 is 0 Å². The maximum absolute atomic E-state index is 12.0. The molecule has 1 unspecified atom stereocenters. The van der Waals surface area contributed by atoms with E-state index in [1.54, 1.807) is 5.38 Å². The van der Waals surface area contributed by atoms with Crippen molar-refractivity contribution in [2.45, 2.75) is 52.5 Å². The lowest BCUT2D eigenvalue weighted by Gasteiger charge is -2.13. The summed E-state index contributed by atoms with van der Waals surface area (Å²) in [4.78, 5) is 16.3. The van der Waals surface area contributed by atoms with Gasteiger partial charge in [-0.3, -0.25) is 4.79 Å². The van der Waals surface area contributed by atoms with Crippen LogP contribution in [0.15, 0.2) is 5.38 Å². The fourth-order valence-corrected chi connectivity index (χ4v) is 2.65. The van der Waals surface area contributed by atoms with Crippen LogP contribution in [-0.4, -0.2) is 23.5 Å². The van der Waals surface area contributed by atoms with Gasteiger partial charge in [-0.25, -0.2) is 4.98 Å². The number of nitrogens with two attached hydrogens (primary N) is 1. The van der Waals surface area contributed by atoms with E-state index in [9.17, 15) is 4.79 Å². The Bertz CT molecular complexity index is 396. The van der Waals surface area contributed by atoms with Gasteiger partial charge in [0.15, 0.2) is 0 Å². The van der Waals surface area contributed by atoms with Gasteiger partial charge in [0.25, 0.3) is 5.91 Å². The first-order chi connectivity index (χ1) is 9.02. The van der Waals surface area contributed by atoms with Crippen molar-refractivity contribution in [1.82, 2.24) is 10.3 Å². The van der Waals surface area contributed by atoms with Crippen LogP contribution in [0.4, 0.5) is 0 Å². The Labute approximate surface area is 132 Å². The average molecular weight is 320 g/mol. The Morgan fingerprint density at radius 2 is 2.10 bits per heavy atom. The predicted molar refractivity (Wildman–Crippen MR) is 87.7 cm³/mol. The Kier molecular flexibility index (Phi) is 9.80. The second-order valence-corrected chi connectivity index (χ2v) is 6.31. The van der Waals surface area contributed by atoms with Gasteiger partial charge in [-0.15, -0.1) is 23.7 Å². The minimum absolute atomic E-state index is 0.